The molecule has 2 aromatic carbocycles. The third-order valence-electron chi connectivity index (χ3n) is 6.42. The van der Waals surface area contributed by atoms with Crippen LogP contribution in [0.5, 0.6) is 0 Å². The number of rotatable bonds is 6. The second kappa shape index (κ2) is 9.86. The molecule has 0 atom stereocenters. The highest BCUT2D eigenvalue weighted by atomic mass is 16.4. The number of benzene rings is 2. The zero-order valence-electron chi connectivity index (χ0n) is 18.9. The Kier molecular flexibility index (Phi) is 6.73. The van der Waals surface area contributed by atoms with E-state index in [1.807, 2.05) is 73.8 Å². The lowest BCUT2D eigenvalue weighted by Crippen LogP contribution is -2.46. The van der Waals surface area contributed by atoms with E-state index in [-0.39, 0.29) is 12.3 Å². The molecule has 2 heterocycles. The molecule has 0 bridgehead atoms. The summed E-state index contributed by atoms with van der Waals surface area (Å²) in [6.07, 6.45) is 7.52. The third kappa shape index (κ3) is 4.90. The average Bonchev–Trinajstić information content (AvgIpc) is 3.05. The summed E-state index contributed by atoms with van der Waals surface area (Å²) in [6, 6.07) is 18.8. The first-order chi connectivity index (χ1) is 16.0. The van der Waals surface area contributed by atoms with Crippen LogP contribution in [0.25, 0.3) is 0 Å². The van der Waals surface area contributed by atoms with Crippen molar-refractivity contribution in [3.8, 4) is 0 Å². The molecule has 0 spiro atoms. The van der Waals surface area contributed by atoms with E-state index in [0.29, 0.717) is 25.9 Å². The van der Waals surface area contributed by atoms with Gasteiger partial charge in [0, 0.05) is 43.5 Å². The molecule has 0 radical (unpaired) electrons. The fourth-order valence-electron chi connectivity index (χ4n) is 4.52. The van der Waals surface area contributed by atoms with Crippen molar-refractivity contribution in [3.63, 3.8) is 0 Å². The van der Waals surface area contributed by atoms with Crippen molar-refractivity contribution in [3.05, 3.63) is 84.2 Å². The largest absolute Gasteiger partial charge is 0.481 e. The summed E-state index contributed by atoms with van der Waals surface area (Å²) in [5.74, 6) is -0.232. The van der Waals surface area contributed by atoms with Crippen LogP contribution in [0.1, 0.15) is 32.6 Å². The summed E-state index contributed by atoms with van der Waals surface area (Å²) in [5.41, 5.74) is 1.43. The van der Waals surface area contributed by atoms with E-state index in [1.165, 1.54) is 0 Å². The summed E-state index contributed by atoms with van der Waals surface area (Å²) in [6.45, 7) is 3.12. The summed E-state index contributed by atoms with van der Waals surface area (Å²) in [7, 11) is 0. The van der Waals surface area contributed by atoms with Gasteiger partial charge in [-0.3, -0.25) is 14.5 Å². The molecule has 2 aromatic rings. The fraction of sp³-hybridized carbons (Fsp3) is 0.296. The highest BCUT2D eigenvalue weighted by molar-refractivity contribution is 6.02. The van der Waals surface area contributed by atoms with Gasteiger partial charge in [-0.2, -0.15) is 0 Å². The number of carbonyl (C=O) groups excluding carboxylic acids is 1. The Bertz CT molecular complexity index is 1040. The maximum absolute atomic E-state index is 13.6. The van der Waals surface area contributed by atoms with Gasteiger partial charge < -0.3 is 10.0 Å². The minimum absolute atomic E-state index is 0.0544. The van der Waals surface area contributed by atoms with Crippen LogP contribution in [-0.4, -0.2) is 41.2 Å². The van der Waals surface area contributed by atoms with E-state index in [2.05, 4.69) is 22.0 Å². The summed E-state index contributed by atoms with van der Waals surface area (Å²) >= 11 is 0. The topological polar surface area (TPSA) is 73.2 Å². The number of nitrogens with zero attached hydrogens (tertiary/aromatic N) is 3. The van der Waals surface area contributed by atoms with E-state index < -0.39 is 11.4 Å². The lowest BCUT2D eigenvalue weighted by atomic mass is 9.75. The zero-order valence-corrected chi connectivity index (χ0v) is 18.9. The van der Waals surface area contributed by atoms with Gasteiger partial charge in [0.05, 0.1) is 5.41 Å². The lowest BCUT2D eigenvalue weighted by molar-refractivity contribution is -0.154. The number of aliphatic carboxylic acids is 1. The number of allylic oxidation sites excluding steroid dienone is 3. The van der Waals surface area contributed by atoms with Crippen LogP contribution in [0.2, 0.25) is 0 Å². The number of hydrogen-bond acceptors (Lipinski definition) is 4. The van der Waals surface area contributed by atoms with E-state index in [4.69, 9.17) is 0 Å². The number of para-hydroxylation sites is 2. The van der Waals surface area contributed by atoms with E-state index in [1.54, 1.807) is 4.90 Å². The van der Waals surface area contributed by atoms with Crippen LogP contribution < -0.4 is 4.90 Å². The van der Waals surface area contributed by atoms with Gasteiger partial charge in [0.2, 0.25) is 5.91 Å². The normalized spacial score (nSPS) is 17.5. The maximum Gasteiger partial charge on any atom is 0.310 e. The van der Waals surface area contributed by atoms with Crippen molar-refractivity contribution in [1.29, 1.82) is 0 Å². The molecule has 0 aliphatic carbocycles. The molecule has 33 heavy (non-hydrogen) atoms. The molecule has 1 saturated heterocycles. The van der Waals surface area contributed by atoms with E-state index in [9.17, 15) is 14.7 Å². The third-order valence-corrected chi connectivity index (χ3v) is 6.42. The molecule has 1 amide bonds. The smallest absolute Gasteiger partial charge is 0.310 e. The summed E-state index contributed by atoms with van der Waals surface area (Å²) in [5, 5.41) is 10.2. The fourth-order valence-corrected chi connectivity index (χ4v) is 4.52. The quantitative estimate of drug-likeness (QED) is 0.668. The van der Waals surface area contributed by atoms with Gasteiger partial charge in [-0.05, 0) is 49.6 Å². The number of hydrogen-bond donors (Lipinski definition) is 1. The molecule has 0 saturated carbocycles. The van der Waals surface area contributed by atoms with Crippen molar-refractivity contribution < 1.29 is 14.7 Å². The van der Waals surface area contributed by atoms with Gasteiger partial charge in [-0.15, -0.1) is 0 Å². The molecular weight excluding hydrogens is 414 g/mol. The molecule has 1 N–H and O–H groups in total. The Morgan fingerprint density at radius 1 is 1.00 bits per heavy atom. The monoisotopic (exact) mass is 443 g/mol. The number of aliphatic imine (C=N–C) groups is 1. The highest BCUT2D eigenvalue weighted by Crippen LogP contribution is 2.39. The van der Waals surface area contributed by atoms with Crippen molar-refractivity contribution >= 4 is 29.5 Å². The maximum atomic E-state index is 13.6. The van der Waals surface area contributed by atoms with Gasteiger partial charge in [-0.25, -0.2) is 4.99 Å². The van der Waals surface area contributed by atoms with Gasteiger partial charge in [0.15, 0.2) is 0 Å². The number of carboxylic acid groups (broad SMARTS) is 1. The van der Waals surface area contributed by atoms with Crippen LogP contribution >= 0.6 is 0 Å². The average molecular weight is 444 g/mol. The summed E-state index contributed by atoms with van der Waals surface area (Å²) < 4.78 is 0. The van der Waals surface area contributed by atoms with Crippen molar-refractivity contribution in [2.24, 2.45) is 10.4 Å². The van der Waals surface area contributed by atoms with Crippen LogP contribution in [0.15, 0.2) is 89.2 Å². The van der Waals surface area contributed by atoms with Crippen molar-refractivity contribution in [2.45, 2.75) is 32.6 Å². The molecule has 6 nitrogen and oxygen atoms in total. The number of anilines is 2. The number of amides is 1. The van der Waals surface area contributed by atoms with Gasteiger partial charge in [-0.1, -0.05) is 48.6 Å². The predicted octanol–water partition coefficient (Wildman–Crippen LogP) is 5.17. The first-order valence-corrected chi connectivity index (χ1v) is 11.3. The number of carbonyl (C=O) groups is 2. The summed E-state index contributed by atoms with van der Waals surface area (Å²) in [4.78, 5) is 34.4. The van der Waals surface area contributed by atoms with Crippen LogP contribution in [0.4, 0.5) is 11.4 Å². The molecule has 4 rings (SSSR count). The Balaban J connectivity index is 1.57. The minimum Gasteiger partial charge on any atom is -0.481 e. The molecule has 2 aliphatic rings. The molecule has 0 aromatic heterocycles. The van der Waals surface area contributed by atoms with Gasteiger partial charge in [0.25, 0.3) is 0 Å². The number of carboxylic acids is 1. The number of likely N-dealkylation sites (tertiary alicyclic amines) is 1. The standard InChI is InChI=1S/C27H29N3O3/c1-21-10-8-9-17-28-25(21)29-18-15-27(16-19-29,26(32)33)20-24(31)30(22-11-4-2-5-12-22)23-13-6-3-7-14-23/h2-8,10-14,17H,9,15-16,18-20H2,1H3,(H,32,33). The van der Waals surface area contributed by atoms with Crippen molar-refractivity contribution in [1.82, 2.24) is 4.90 Å². The molecule has 6 heteroatoms. The second-order valence-corrected chi connectivity index (χ2v) is 8.61. The first-order valence-electron chi connectivity index (χ1n) is 11.3. The Labute approximate surface area is 194 Å². The predicted molar refractivity (Wildman–Crippen MR) is 130 cm³/mol. The SMILES string of the molecule is CC1=C(N2CCC(CC(=O)N(c3ccccc3)c3ccccc3)(C(=O)O)CC2)N=CCC=C1. The molecule has 1 fully saturated rings. The van der Waals surface area contributed by atoms with Gasteiger partial charge >= 0.3 is 5.97 Å². The molecule has 0 unspecified atom stereocenters. The zero-order chi connectivity index (χ0) is 23.3. The molecule has 170 valence electrons. The Hall–Kier alpha value is -3.67. The molecule has 2 aliphatic heterocycles. The van der Waals surface area contributed by atoms with Crippen LogP contribution in [0.3, 0.4) is 0 Å². The first kappa shape index (κ1) is 22.5. The molecular formula is C27H29N3O3. The van der Waals surface area contributed by atoms with Crippen molar-refractivity contribution in [2.75, 3.05) is 18.0 Å². The number of piperidine rings is 1. The highest BCUT2D eigenvalue weighted by Gasteiger charge is 2.44. The lowest BCUT2D eigenvalue weighted by Gasteiger charge is -2.40. The Morgan fingerprint density at radius 2 is 1.58 bits per heavy atom. The van der Waals surface area contributed by atoms with E-state index >= 15 is 0 Å². The van der Waals surface area contributed by atoms with Crippen LogP contribution in [0, 0.1) is 5.41 Å². The minimum atomic E-state index is -1.10. The van der Waals surface area contributed by atoms with Gasteiger partial charge in [0.1, 0.15) is 5.82 Å². The second-order valence-electron chi connectivity index (χ2n) is 8.61. The Morgan fingerprint density at radius 3 is 2.12 bits per heavy atom. The van der Waals surface area contributed by atoms with E-state index in [0.717, 1.165) is 29.2 Å². The van der Waals surface area contributed by atoms with Crippen LogP contribution in [-0.2, 0) is 9.59 Å².